The summed E-state index contributed by atoms with van der Waals surface area (Å²) < 4.78 is 24.9. The number of anilines is 4. The lowest BCUT2D eigenvalue weighted by Gasteiger charge is -2.17. The standard InChI is InChI=1S/C58H48N4O8/c1-35-13-23-51-49(25-35)61-55(63)39-15-17-40(18-16-39)56(64)62-50-26-36(2)14-24-52(50)68-32-38(4)34-70-54-30-44-12-8-6-10-42(44)28-48(54)58(66)60-46-21-19-45(20-22-46)59-57(65)47-27-41-9-5-7-11-43(41)29-53(47)69-33-37(3)31-67-51/h5-30H,3-4,31-34H2,1-2H3,(H,59,65)(H,60,66)(H,61,63)(H,62,64). The van der Waals surface area contributed by atoms with E-state index in [1.54, 1.807) is 84.9 Å². The predicted molar refractivity (Wildman–Crippen MR) is 275 cm³/mol. The van der Waals surface area contributed by atoms with Gasteiger partial charge in [-0.05, 0) is 155 Å². The van der Waals surface area contributed by atoms with Crippen LogP contribution in [0.3, 0.4) is 0 Å². The van der Waals surface area contributed by atoms with Gasteiger partial charge in [0, 0.05) is 22.5 Å². The molecule has 0 aromatic heterocycles. The zero-order valence-corrected chi connectivity index (χ0v) is 38.5. The molecule has 0 saturated carbocycles. The molecule has 348 valence electrons. The Labute approximate surface area is 404 Å². The van der Waals surface area contributed by atoms with Crippen molar-refractivity contribution in [1.29, 1.82) is 0 Å². The number of fused-ring (bicyclic) bond motifs is 2. The molecule has 0 spiro atoms. The van der Waals surface area contributed by atoms with E-state index in [0.717, 1.165) is 32.7 Å². The number of hydrogen-bond donors (Lipinski definition) is 4. The summed E-state index contributed by atoms with van der Waals surface area (Å²) in [4.78, 5) is 55.1. The first-order valence-corrected chi connectivity index (χ1v) is 22.5. The van der Waals surface area contributed by atoms with Crippen LogP contribution in [0.5, 0.6) is 23.0 Å². The van der Waals surface area contributed by atoms with Crippen LogP contribution in [0, 0.1) is 13.8 Å². The Balaban J connectivity index is 1.00. The molecule has 70 heavy (non-hydrogen) atoms. The fraction of sp³-hybridized carbons (Fsp3) is 0.103. The summed E-state index contributed by atoms with van der Waals surface area (Å²) in [6, 6.07) is 46.5. The number of hydrogen-bond acceptors (Lipinski definition) is 8. The molecule has 0 saturated heterocycles. The van der Waals surface area contributed by atoms with E-state index in [1.165, 1.54) is 0 Å². The highest BCUT2D eigenvalue weighted by Gasteiger charge is 2.20. The molecule has 0 fully saturated rings. The van der Waals surface area contributed by atoms with Crippen LogP contribution in [0.25, 0.3) is 21.5 Å². The third kappa shape index (κ3) is 10.8. The largest absolute Gasteiger partial charge is 0.488 e. The van der Waals surface area contributed by atoms with E-state index >= 15 is 0 Å². The third-order valence-corrected chi connectivity index (χ3v) is 11.5. The minimum atomic E-state index is -0.404. The highest BCUT2D eigenvalue weighted by molar-refractivity contribution is 6.11. The zero-order chi connectivity index (χ0) is 48.7. The van der Waals surface area contributed by atoms with E-state index in [1.807, 2.05) is 86.6 Å². The molecule has 4 N–H and O–H groups in total. The molecule has 8 aromatic rings. The summed E-state index contributed by atoms with van der Waals surface area (Å²) >= 11 is 0. The lowest BCUT2D eigenvalue weighted by atomic mass is 10.0. The van der Waals surface area contributed by atoms with Gasteiger partial charge in [-0.25, -0.2) is 0 Å². The Kier molecular flexibility index (Phi) is 13.4. The van der Waals surface area contributed by atoms with Crippen molar-refractivity contribution in [2.45, 2.75) is 13.8 Å². The first-order chi connectivity index (χ1) is 33.9. The maximum atomic E-state index is 14.0. The molecule has 12 nitrogen and oxygen atoms in total. The summed E-state index contributed by atoms with van der Waals surface area (Å²) in [5, 5.41) is 15.3. The summed E-state index contributed by atoms with van der Waals surface area (Å²) in [5.74, 6) is -0.107. The number of benzene rings is 8. The molecule has 0 radical (unpaired) electrons. The monoisotopic (exact) mass is 928 g/mol. The number of carbonyl (C=O) groups excluding carboxylic acids is 4. The summed E-state index contributed by atoms with van der Waals surface area (Å²) in [7, 11) is 0. The minimum Gasteiger partial charge on any atom is -0.488 e. The molecule has 12 rings (SSSR count). The highest BCUT2D eigenvalue weighted by atomic mass is 16.5. The topological polar surface area (TPSA) is 153 Å². The first-order valence-electron chi connectivity index (χ1n) is 22.5. The van der Waals surface area contributed by atoms with E-state index in [4.69, 9.17) is 18.9 Å². The van der Waals surface area contributed by atoms with Crippen molar-refractivity contribution >= 4 is 67.9 Å². The number of ether oxygens (including phenoxy) is 4. The SMILES string of the molecule is C=C1COc2ccc(C)cc2NC(=O)c2ccc(cc2)C(=O)Nc2cc(C)ccc2OCC(=C)COc2cc3ccccc3cc2C(=O)Nc2ccc(cc2)NC(=O)c2cc3ccccc3cc2OC1. The molecular formula is C58H48N4O8. The summed E-state index contributed by atoms with van der Waals surface area (Å²) in [5.41, 5.74) is 6.05. The Hall–Kier alpha value is -9.16. The minimum absolute atomic E-state index is 0.0252. The molecule has 4 bridgehead atoms. The Bertz CT molecular complexity index is 3140. The van der Waals surface area contributed by atoms with Gasteiger partial charge in [0.1, 0.15) is 49.4 Å². The first kappa shape index (κ1) is 46.0. The Morgan fingerprint density at radius 2 is 0.714 bits per heavy atom. The van der Waals surface area contributed by atoms with Crippen molar-refractivity contribution in [2.24, 2.45) is 0 Å². The third-order valence-electron chi connectivity index (χ3n) is 11.5. The van der Waals surface area contributed by atoms with Gasteiger partial charge in [-0.3, -0.25) is 19.2 Å². The van der Waals surface area contributed by atoms with Crippen LogP contribution in [-0.2, 0) is 0 Å². The van der Waals surface area contributed by atoms with Gasteiger partial charge in [-0.2, -0.15) is 0 Å². The number of aryl methyl sites for hydroxylation is 2. The number of carbonyl (C=O) groups is 4. The lowest BCUT2D eigenvalue weighted by molar-refractivity contribution is 0.101. The average Bonchev–Trinajstić information content (AvgIpc) is 3.36. The van der Waals surface area contributed by atoms with Gasteiger partial charge in [0.25, 0.3) is 23.6 Å². The number of amides is 4. The Morgan fingerprint density at radius 3 is 1.09 bits per heavy atom. The second-order valence-corrected chi connectivity index (χ2v) is 17.0. The van der Waals surface area contributed by atoms with Gasteiger partial charge in [-0.15, -0.1) is 0 Å². The molecule has 8 aromatic carbocycles. The summed E-state index contributed by atoms with van der Waals surface area (Å²) in [6.45, 7) is 12.3. The highest BCUT2D eigenvalue weighted by Crippen LogP contribution is 2.32. The normalized spacial score (nSPS) is 14.1. The fourth-order valence-electron chi connectivity index (χ4n) is 7.77. The lowest BCUT2D eigenvalue weighted by Crippen LogP contribution is -2.17. The van der Waals surface area contributed by atoms with Gasteiger partial charge in [-0.1, -0.05) is 73.8 Å². The zero-order valence-electron chi connectivity index (χ0n) is 38.5. The fourth-order valence-corrected chi connectivity index (χ4v) is 7.77. The van der Waals surface area contributed by atoms with Crippen molar-refractivity contribution in [3.8, 4) is 23.0 Å². The number of rotatable bonds is 0. The van der Waals surface area contributed by atoms with Crippen molar-refractivity contribution in [1.82, 2.24) is 0 Å². The molecule has 0 atom stereocenters. The molecule has 4 aliphatic rings. The average molecular weight is 929 g/mol. The molecule has 4 aliphatic heterocycles. The Morgan fingerprint density at radius 1 is 0.371 bits per heavy atom. The smallest absolute Gasteiger partial charge is 0.259 e. The molecule has 4 heterocycles. The van der Waals surface area contributed by atoms with Crippen LogP contribution in [0.1, 0.15) is 52.6 Å². The second kappa shape index (κ2) is 20.4. The van der Waals surface area contributed by atoms with Crippen LogP contribution < -0.4 is 40.2 Å². The van der Waals surface area contributed by atoms with Crippen LogP contribution in [0.2, 0.25) is 0 Å². The summed E-state index contributed by atoms with van der Waals surface area (Å²) in [6.07, 6.45) is 0. The van der Waals surface area contributed by atoms with Gasteiger partial charge in [0.05, 0.1) is 22.5 Å². The maximum Gasteiger partial charge on any atom is 0.259 e. The van der Waals surface area contributed by atoms with E-state index < -0.39 is 23.6 Å². The van der Waals surface area contributed by atoms with E-state index in [9.17, 15) is 19.2 Å². The molecule has 4 amide bonds. The van der Waals surface area contributed by atoms with Gasteiger partial charge in [0.2, 0.25) is 0 Å². The van der Waals surface area contributed by atoms with Crippen molar-refractivity contribution in [3.63, 3.8) is 0 Å². The molecule has 0 unspecified atom stereocenters. The number of nitrogens with one attached hydrogen (secondary N) is 4. The van der Waals surface area contributed by atoms with Crippen molar-refractivity contribution < 1.29 is 38.1 Å². The van der Waals surface area contributed by atoms with Crippen LogP contribution in [-0.4, -0.2) is 50.1 Å². The molecule has 12 heteroatoms. The van der Waals surface area contributed by atoms with E-state index in [0.29, 0.717) is 79.1 Å². The van der Waals surface area contributed by atoms with Gasteiger partial charge in [0.15, 0.2) is 0 Å². The molecular weight excluding hydrogens is 881 g/mol. The van der Waals surface area contributed by atoms with Crippen molar-refractivity contribution in [3.05, 3.63) is 215 Å². The molecule has 0 aliphatic carbocycles. The van der Waals surface area contributed by atoms with Crippen LogP contribution >= 0.6 is 0 Å². The van der Waals surface area contributed by atoms with Crippen molar-refractivity contribution in [2.75, 3.05) is 47.7 Å². The van der Waals surface area contributed by atoms with Crippen LogP contribution in [0.15, 0.2) is 182 Å². The predicted octanol–water partition coefficient (Wildman–Crippen LogP) is 12.0. The van der Waals surface area contributed by atoms with E-state index in [-0.39, 0.29) is 26.4 Å². The second-order valence-electron chi connectivity index (χ2n) is 17.0. The van der Waals surface area contributed by atoms with Crippen LogP contribution in [0.4, 0.5) is 22.7 Å². The quantitative estimate of drug-likeness (QED) is 0.110. The van der Waals surface area contributed by atoms with E-state index in [2.05, 4.69) is 34.4 Å². The van der Waals surface area contributed by atoms with Gasteiger partial charge >= 0.3 is 0 Å². The maximum absolute atomic E-state index is 14.0. The van der Waals surface area contributed by atoms with Gasteiger partial charge < -0.3 is 40.2 Å².